The third-order valence-corrected chi connectivity index (χ3v) is 3.06. The molecule has 0 saturated heterocycles. The summed E-state index contributed by atoms with van der Waals surface area (Å²) in [5, 5.41) is 12.3. The third kappa shape index (κ3) is 4.51. The van der Waals surface area contributed by atoms with E-state index in [9.17, 15) is 4.79 Å². The number of methoxy groups -OCH3 is 1. The Labute approximate surface area is 120 Å². The number of carbonyl (C=O) groups excluding carboxylic acids is 1. The molecule has 1 aromatic carbocycles. The first kappa shape index (κ1) is 16.5. The first-order valence-corrected chi connectivity index (χ1v) is 6.87. The fraction of sp³-hybridized carbons (Fsp3) is 0.533. The van der Waals surface area contributed by atoms with Gasteiger partial charge in [-0.15, -0.1) is 0 Å². The Morgan fingerprint density at radius 1 is 1.40 bits per heavy atom. The van der Waals surface area contributed by atoms with E-state index in [4.69, 9.17) is 9.84 Å². The van der Waals surface area contributed by atoms with Crippen molar-refractivity contribution in [1.82, 2.24) is 4.90 Å². The molecule has 0 radical (unpaired) electrons. The van der Waals surface area contributed by atoms with E-state index in [2.05, 4.69) is 5.32 Å². The summed E-state index contributed by atoms with van der Waals surface area (Å²) < 4.78 is 5.00. The molecule has 0 aliphatic carbocycles. The number of rotatable bonds is 8. The maximum Gasteiger partial charge on any atom is 0.254 e. The normalized spacial score (nSPS) is 10.4. The fourth-order valence-electron chi connectivity index (χ4n) is 2.03. The van der Waals surface area contributed by atoms with Crippen LogP contribution >= 0.6 is 0 Å². The molecule has 1 aromatic rings. The summed E-state index contributed by atoms with van der Waals surface area (Å²) in [6, 6.07) is 5.69. The van der Waals surface area contributed by atoms with Gasteiger partial charge < -0.3 is 20.1 Å². The Balaban J connectivity index is 2.87. The van der Waals surface area contributed by atoms with Gasteiger partial charge in [-0.3, -0.25) is 4.79 Å². The zero-order valence-electron chi connectivity index (χ0n) is 12.5. The average molecular weight is 280 g/mol. The number of carbonyl (C=O) groups is 1. The second kappa shape index (κ2) is 8.55. The average Bonchev–Trinajstić information content (AvgIpc) is 2.43. The molecular formula is C15H24N2O3. The standard InChI is InChI=1S/C15H24N2O3/c1-4-16-13-5-6-14(12(2)11-13)15(19)17(7-9-18)8-10-20-3/h5-6,11,16,18H,4,7-10H2,1-3H3. The molecule has 0 fully saturated rings. The van der Waals surface area contributed by atoms with Crippen LogP contribution in [0.4, 0.5) is 5.69 Å². The topological polar surface area (TPSA) is 61.8 Å². The molecule has 0 aliphatic heterocycles. The molecule has 5 heteroatoms. The molecule has 0 unspecified atom stereocenters. The molecule has 2 N–H and O–H groups in total. The van der Waals surface area contributed by atoms with Gasteiger partial charge in [-0.1, -0.05) is 0 Å². The summed E-state index contributed by atoms with van der Waals surface area (Å²) >= 11 is 0. The highest BCUT2D eigenvalue weighted by molar-refractivity contribution is 5.96. The summed E-state index contributed by atoms with van der Waals surface area (Å²) in [7, 11) is 1.60. The lowest BCUT2D eigenvalue weighted by atomic mass is 10.1. The van der Waals surface area contributed by atoms with Gasteiger partial charge in [0.15, 0.2) is 0 Å². The van der Waals surface area contributed by atoms with Crippen molar-refractivity contribution < 1.29 is 14.6 Å². The van der Waals surface area contributed by atoms with Gasteiger partial charge in [0, 0.05) is 38.0 Å². The van der Waals surface area contributed by atoms with Crippen LogP contribution in [-0.4, -0.2) is 55.9 Å². The number of hydrogen-bond acceptors (Lipinski definition) is 4. The molecule has 1 amide bonds. The summed E-state index contributed by atoms with van der Waals surface area (Å²) in [5.74, 6) is -0.0725. The van der Waals surface area contributed by atoms with Crippen LogP contribution in [-0.2, 0) is 4.74 Å². The maximum atomic E-state index is 12.5. The summed E-state index contributed by atoms with van der Waals surface area (Å²) in [6.45, 7) is 5.99. The largest absolute Gasteiger partial charge is 0.395 e. The minimum atomic E-state index is -0.0725. The van der Waals surface area contributed by atoms with Crippen molar-refractivity contribution in [3.05, 3.63) is 29.3 Å². The van der Waals surface area contributed by atoms with Gasteiger partial charge in [0.2, 0.25) is 0 Å². The molecule has 0 heterocycles. The molecule has 0 atom stereocenters. The number of amides is 1. The van der Waals surface area contributed by atoms with Crippen LogP contribution in [0.5, 0.6) is 0 Å². The van der Waals surface area contributed by atoms with E-state index in [1.54, 1.807) is 12.0 Å². The van der Waals surface area contributed by atoms with Crippen LogP contribution in [0.3, 0.4) is 0 Å². The highest BCUT2D eigenvalue weighted by Crippen LogP contribution is 2.17. The van der Waals surface area contributed by atoms with Crippen LogP contribution in [0.15, 0.2) is 18.2 Å². The highest BCUT2D eigenvalue weighted by Gasteiger charge is 2.17. The fourth-order valence-corrected chi connectivity index (χ4v) is 2.03. The predicted molar refractivity (Wildman–Crippen MR) is 80.2 cm³/mol. The summed E-state index contributed by atoms with van der Waals surface area (Å²) in [4.78, 5) is 14.1. The number of nitrogens with zero attached hydrogens (tertiary/aromatic N) is 1. The Morgan fingerprint density at radius 3 is 2.70 bits per heavy atom. The first-order chi connectivity index (χ1) is 9.63. The summed E-state index contributed by atoms with van der Waals surface area (Å²) in [5.41, 5.74) is 2.59. The molecular weight excluding hydrogens is 256 g/mol. The zero-order valence-corrected chi connectivity index (χ0v) is 12.5. The van der Waals surface area contributed by atoms with Crippen LogP contribution in [0.1, 0.15) is 22.8 Å². The van der Waals surface area contributed by atoms with Crippen molar-refractivity contribution in [1.29, 1.82) is 0 Å². The second-order valence-electron chi connectivity index (χ2n) is 4.57. The minimum Gasteiger partial charge on any atom is -0.395 e. The molecule has 0 aromatic heterocycles. The molecule has 0 saturated carbocycles. The number of ether oxygens (including phenoxy) is 1. The molecule has 0 bridgehead atoms. The van der Waals surface area contributed by atoms with Gasteiger partial charge in [0.25, 0.3) is 5.91 Å². The van der Waals surface area contributed by atoms with Gasteiger partial charge in [-0.2, -0.15) is 0 Å². The number of aryl methyl sites for hydroxylation is 1. The molecule has 0 aliphatic rings. The SMILES string of the molecule is CCNc1ccc(C(=O)N(CCO)CCOC)c(C)c1. The predicted octanol–water partition coefficient (Wildman–Crippen LogP) is 1.51. The van der Waals surface area contributed by atoms with Gasteiger partial charge in [0.1, 0.15) is 0 Å². The van der Waals surface area contributed by atoms with Crippen LogP contribution in [0, 0.1) is 6.92 Å². The Morgan fingerprint density at radius 2 is 2.15 bits per heavy atom. The van der Waals surface area contributed by atoms with Gasteiger partial charge >= 0.3 is 0 Å². The quantitative estimate of drug-likeness (QED) is 0.757. The van der Waals surface area contributed by atoms with Crippen LogP contribution < -0.4 is 5.32 Å². The number of anilines is 1. The number of benzene rings is 1. The van der Waals surface area contributed by atoms with Crippen molar-refractivity contribution in [3.8, 4) is 0 Å². The minimum absolute atomic E-state index is 0.0516. The second-order valence-corrected chi connectivity index (χ2v) is 4.57. The molecule has 5 nitrogen and oxygen atoms in total. The number of aliphatic hydroxyl groups excluding tert-OH is 1. The third-order valence-electron chi connectivity index (χ3n) is 3.06. The van der Waals surface area contributed by atoms with Crippen molar-refractivity contribution in [2.45, 2.75) is 13.8 Å². The Kier molecular flexibility index (Phi) is 7.04. The lowest BCUT2D eigenvalue weighted by Gasteiger charge is -2.22. The van der Waals surface area contributed by atoms with Crippen molar-refractivity contribution >= 4 is 11.6 Å². The van der Waals surface area contributed by atoms with Gasteiger partial charge in [-0.05, 0) is 37.6 Å². The van der Waals surface area contributed by atoms with Crippen LogP contribution in [0.25, 0.3) is 0 Å². The van der Waals surface area contributed by atoms with Crippen molar-refractivity contribution in [2.24, 2.45) is 0 Å². The Bertz CT molecular complexity index is 435. The zero-order chi connectivity index (χ0) is 15.0. The number of aliphatic hydroxyl groups is 1. The van der Waals surface area contributed by atoms with Crippen LogP contribution in [0.2, 0.25) is 0 Å². The summed E-state index contributed by atoms with van der Waals surface area (Å²) in [6.07, 6.45) is 0. The lowest BCUT2D eigenvalue weighted by Crippen LogP contribution is -2.36. The molecule has 0 spiro atoms. The van der Waals surface area contributed by atoms with E-state index in [-0.39, 0.29) is 12.5 Å². The van der Waals surface area contributed by atoms with E-state index in [1.165, 1.54) is 0 Å². The van der Waals surface area contributed by atoms with Crippen molar-refractivity contribution in [3.63, 3.8) is 0 Å². The molecule has 1 rings (SSSR count). The first-order valence-electron chi connectivity index (χ1n) is 6.87. The van der Waals surface area contributed by atoms with E-state index < -0.39 is 0 Å². The smallest absolute Gasteiger partial charge is 0.254 e. The maximum absolute atomic E-state index is 12.5. The molecule has 112 valence electrons. The number of hydrogen-bond donors (Lipinski definition) is 2. The monoisotopic (exact) mass is 280 g/mol. The molecule has 20 heavy (non-hydrogen) atoms. The van der Waals surface area contributed by atoms with Crippen molar-refractivity contribution in [2.75, 3.05) is 45.3 Å². The van der Waals surface area contributed by atoms with Gasteiger partial charge in [0.05, 0.1) is 13.2 Å². The van der Waals surface area contributed by atoms with E-state index in [0.29, 0.717) is 25.3 Å². The van der Waals surface area contributed by atoms with E-state index in [1.807, 2.05) is 32.0 Å². The van der Waals surface area contributed by atoms with E-state index >= 15 is 0 Å². The van der Waals surface area contributed by atoms with Gasteiger partial charge in [-0.25, -0.2) is 0 Å². The van der Waals surface area contributed by atoms with E-state index in [0.717, 1.165) is 17.8 Å². The number of nitrogens with one attached hydrogen (secondary N) is 1. The lowest BCUT2D eigenvalue weighted by molar-refractivity contribution is 0.0656. The Hall–Kier alpha value is -1.59. The highest BCUT2D eigenvalue weighted by atomic mass is 16.5.